The lowest BCUT2D eigenvalue weighted by molar-refractivity contribution is -0.384. The van der Waals surface area contributed by atoms with Gasteiger partial charge in [0.2, 0.25) is 0 Å². The summed E-state index contributed by atoms with van der Waals surface area (Å²) < 4.78 is 12.3. The molecule has 0 amide bonds. The van der Waals surface area contributed by atoms with Gasteiger partial charge in [-0.3, -0.25) is 20.3 Å². The van der Waals surface area contributed by atoms with Gasteiger partial charge in [-0.2, -0.15) is 0 Å². The summed E-state index contributed by atoms with van der Waals surface area (Å²) in [5, 5.41) is 21.8. The van der Waals surface area contributed by atoms with Crippen molar-refractivity contribution in [2.45, 2.75) is 54.0 Å². The van der Waals surface area contributed by atoms with Crippen molar-refractivity contribution < 1.29 is 24.0 Å². The molecule has 9 heteroatoms. The number of aryl methyl sites for hydroxylation is 2. The predicted molar refractivity (Wildman–Crippen MR) is 168 cm³/mol. The molecular formula is C33H39N3O6. The topological polar surface area (TPSA) is 125 Å². The number of ketones is 1. The lowest BCUT2D eigenvalue weighted by atomic mass is 9.97. The number of hydrogen-bond acceptors (Lipinski definition) is 7. The Kier molecular flexibility index (Phi) is 13.1. The molecular weight excluding hydrogens is 534 g/mol. The third-order valence-electron chi connectivity index (χ3n) is 6.27. The zero-order valence-corrected chi connectivity index (χ0v) is 24.9. The first-order valence-electron chi connectivity index (χ1n) is 13.8. The fraction of sp³-hybridized carbons (Fsp3) is 0.303. The Morgan fingerprint density at radius 3 is 2.21 bits per heavy atom. The van der Waals surface area contributed by atoms with Crippen LogP contribution in [-0.4, -0.2) is 40.7 Å². The molecule has 0 fully saturated rings. The van der Waals surface area contributed by atoms with E-state index in [4.69, 9.17) is 10.1 Å². The molecule has 0 aliphatic heterocycles. The SMILES string of the molecule is C=CC.CCCC(C)=O.CCn1c2ccc(C(=N)c3ccc(OCCOC=O)cc3C)cc2c2cc([N+](=O)[O-])ccc21. The Labute approximate surface area is 246 Å². The smallest absolute Gasteiger partial charge is 0.293 e. The van der Waals surface area contributed by atoms with E-state index < -0.39 is 4.92 Å². The summed E-state index contributed by atoms with van der Waals surface area (Å²) in [5.74, 6) is 0.921. The second kappa shape index (κ2) is 16.5. The number of nitro groups is 1. The number of nitrogens with zero attached hydrogens (tertiary/aromatic N) is 2. The van der Waals surface area contributed by atoms with E-state index in [-0.39, 0.29) is 24.7 Å². The molecule has 1 aromatic heterocycles. The number of ether oxygens (including phenoxy) is 2. The van der Waals surface area contributed by atoms with Crippen LogP contribution in [0.25, 0.3) is 21.8 Å². The van der Waals surface area contributed by atoms with Crippen molar-refractivity contribution in [2.24, 2.45) is 0 Å². The van der Waals surface area contributed by atoms with Crippen LogP contribution in [0.5, 0.6) is 5.75 Å². The van der Waals surface area contributed by atoms with Crippen molar-refractivity contribution in [1.29, 1.82) is 5.41 Å². The van der Waals surface area contributed by atoms with Crippen LogP contribution >= 0.6 is 0 Å². The zero-order valence-electron chi connectivity index (χ0n) is 24.9. The molecule has 222 valence electrons. The largest absolute Gasteiger partial charge is 0.490 e. The summed E-state index contributed by atoms with van der Waals surface area (Å²) in [6, 6.07) is 16.2. The number of benzene rings is 3. The van der Waals surface area contributed by atoms with Gasteiger partial charge in [0.05, 0.1) is 10.6 Å². The molecule has 9 nitrogen and oxygen atoms in total. The van der Waals surface area contributed by atoms with Crippen LogP contribution in [0.4, 0.5) is 5.69 Å². The minimum Gasteiger partial charge on any atom is -0.490 e. The average molecular weight is 574 g/mol. The highest BCUT2D eigenvalue weighted by Gasteiger charge is 2.16. The number of hydrogen-bond donors (Lipinski definition) is 1. The highest BCUT2D eigenvalue weighted by atomic mass is 16.6. The van der Waals surface area contributed by atoms with Crippen molar-refractivity contribution in [3.05, 3.63) is 94.1 Å². The van der Waals surface area contributed by atoms with E-state index in [1.54, 1.807) is 31.2 Å². The van der Waals surface area contributed by atoms with E-state index in [0.717, 1.165) is 57.9 Å². The summed E-state index contributed by atoms with van der Waals surface area (Å²) in [4.78, 5) is 31.2. The fourth-order valence-electron chi connectivity index (χ4n) is 4.47. The van der Waals surface area contributed by atoms with E-state index in [2.05, 4.69) is 15.9 Å². The molecule has 0 spiro atoms. The van der Waals surface area contributed by atoms with Gasteiger partial charge < -0.3 is 18.8 Å². The van der Waals surface area contributed by atoms with Crippen LogP contribution in [0.15, 0.2) is 67.3 Å². The highest BCUT2D eigenvalue weighted by Crippen LogP contribution is 2.33. The van der Waals surface area contributed by atoms with Crippen LogP contribution in [0.3, 0.4) is 0 Å². The summed E-state index contributed by atoms with van der Waals surface area (Å²) in [6.45, 7) is 14.3. The number of rotatable bonds is 11. The van der Waals surface area contributed by atoms with Crippen LogP contribution in [0, 0.1) is 22.4 Å². The number of non-ortho nitro benzene ring substituents is 1. The van der Waals surface area contributed by atoms with E-state index >= 15 is 0 Å². The van der Waals surface area contributed by atoms with Crippen molar-refractivity contribution in [1.82, 2.24) is 4.57 Å². The summed E-state index contributed by atoms with van der Waals surface area (Å²) in [6.07, 6.45) is 3.47. The molecule has 0 radical (unpaired) electrons. The maximum atomic E-state index is 11.3. The first kappa shape index (κ1) is 33.4. The minimum absolute atomic E-state index is 0.0445. The Balaban J connectivity index is 0.000000601. The zero-order chi connectivity index (χ0) is 31.2. The van der Waals surface area contributed by atoms with E-state index in [1.165, 1.54) is 6.07 Å². The number of allylic oxidation sites excluding steroid dienone is 1. The molecule has 4 aromatic rings. The molecule has 0 saturated heterocycles. The number of carbonyl (C=O) groups is 2. The standard InChI is InChI=1S/C25H23N3O5.C5H10O.C3H6/c1-3-27-23-8-4-17(13-21(23)22-14-18(28(30)31)5-9-24(22)27)25(26)20-7-6-19(12-16(20)2)33-11-10-32-15-29;1-3-4-5(2)6;1-3-2/h4-9,12-15,26H,3,10-11H2,1-2H3;3-4H2,1-2H3;3H,1H2,2H3. The van der Waals surface area contributed by atoms with Crippen molar-refractivity contribution in [3.63, 3.8) is 0 Å². The van der Waals surface area contributed by atoms with Crippen LogP contribution in [-0.2, 0) is 20.9 Å². The lowest BCUT2D eigenvalue weighted by Crippen LogP contribution is -2.07. The Morgan fingerprint density at radius 2 is 1.69 bits per heavy atom. The second-order valence-corrected chi connectivity index (χ2v) is 9.46. The number of nitro benzene ring substituents is 1. The second-order valence-electron chi connectivity index (χ2n) is 9.46. The van der Waals surface area contributed by atoms with Crippen molar-refractivity contribution in [3.8, 4) is 5.75 Å². The first-order chi connectivity index (χ1) is 20.1. The van der Waals surface area contributed by atoms with Gasteiger partial charge in [-0.05, 0) is 76.1 Å². The monoisotopic (exact) mass is 573 g/mol. The maximum absolute atomic E-state index is 11.3. The van der Waals surface area contributed by atoms with E-state index in [9.17, 15) is 19.7 Å². The molecule has 0 unspecified atom stereocenters. The maximum Gasteiger partial charge on any atom is 0.293 e. The van der Waals surface area contributed by atoms with Crippen LogP contribution in [0.1, 0.15) is 57.2 Å². The van der Waals surface area contributed by atoms with E-state index in [1.807, 2.05) is 58.0 Å². The number of aromatic nitrogens is 1. The number of carbonyl (C=O) groups excluding carboxylic acids is 2. The molecule has 1 N–H and O–H groups in total. The fourth-order valence-corrected chi connectivity index (χ4v) is 4.47. The summed E-state index contributed by atoms with van der Waals surface area (Å²) in [5.41, 5.74) is 4.66. The average Bonchev–Trinajstić information content (AvgIpc) is 3.28. The Morgan fingerprint density at radius 1 is 1.05 bits per heavy atom. The Bertz CT molecular complexity index is 1570. The van der Waals surface area contributed by atoms with Gasteiger partial charge in [-0.1, -0.05) is 19.1 Å². The van der Waals surface area contributed by atoms with Gasteiger partial charge in [0.1, 0.15) is 24.7 Å². The molecule has 0 bridgehead atoms. The highest BCUT2D eigenvalue weighted by molar-refractivity contribution is 6.16. The first-order valence-corrected chi connectivity index (χ1v) is 13.8. The normalized spacial score (nSPS) is 10.1. The minimum atomic E-state index is -0.390. The van der Waals surface area contributed by atoms with Crippen LogP contribution in [0.2, 0.25) is 0 Å². The summed E-state index contributed by atoms with van der Waals surface area (Å²) >= 11 is 0. The molecule has 0 aliphatic rings. The molecule has 4 rings (SSSR count). The third-order valence-corrected chi connectivity index (χ3v) is 6.27. The van der Waals surface area contributed by atoms with Gasteiger partial charge in [0.15, 0.2) is 0 Å². The van der Waals surface area contributed by atoms with Crippen LogP contribution < -0.4 is 4.74 Å². The van der Waals surface area contributed by atoms with E-state index in [0.29, 0.717) is 17.9 Å². The molecule has 0 aliphatic carbocycles. The third kappa shape index (κ3) is 8.60. The van der Waals surface area contributed by atoms with Gasteiger partial charge in [0.25, 0.3) is 12.2 Å². The number of nitrogens with one attached hydrogen (secondary N) is 1. The molecule has 0 saturated carbocycles. The number of fused-ring (bicyclic) bond motifs is 3. The molecule has 3 aromatic carbocycles. The van der Waals surface area contributed by atoms with Gasteiger partial charge >= 0.3 is 0 Å². The van der Waals surface area contributed by atoms with Crippen molar-refractivity contribution >= 4 is 45.5 Å². The van der Waals surface area contributed by atoms with Gasteiger partial charge in [-0.15, -0.1) is 6.58 Å². The molecule has 1 heterocycles. The molecule has 0 atom stereocenters. The van der Waals surface area contributed by atoms with Gasteiger partial charge in [0, 0.05) is 58.0 Å². The lowest BCUT2D eigenvalue weighted by Gasteiger charge is -2.12. The number of Topliss-reactive ketones (excluding diaryl/α,β-unsaturated/α-hetero) is 1. The van der Waals surface area contributed by atoms with Gasteiger partial charge in [-0.25, -0.2) is 0 Å². The Hall–Kier alpha value is -4.79. The quantitative estimate of drug-likeness (QED) is 0.0493. The predicted octanol–water partition coefficient (Wildman–Crippen LogP) is 7.57. The summed E-state index contributed by atoms with van der Waals surface area (Å²) in [7, 11) is 0. The molecule has 42 heavy (non-hydrogen) atoms. The van der Waals surface area contributed by atoms with Crippen molar-refractivity contribution in [2.75, 3.05) is 13.2 Å².